The zero-order chi connectivity index (χ0) is 21.8. The first-order chi connectivity index (χ1) is 15.0. The number of carbonyl (C=O) groups excluding carboxylic acids is 2. The molecule has 0 radical (unpaired) electrons. The minimum Gasteiger partial charge on any atom is -0.366 e. The van der Waals surface area contributed by atoms with Crippen LogP contribution >= 0.6 is 0 Å². The van der Waals surface area contributed by atoms with Gasteiger partial charge in [0.05, 0.1) is 5.56 Å². The molecular formula is C26H33N3O2. The minimum atomic E-state index is -0.0832. The molecule has 1 aliphatic heterocycles. The summed E-state index contributed by atoms with van der Waals surface area (Å²) in [7, 11) is 0. The van der Waals surface area contributed by atoms with Crippen LogP contribution in [-0.4, -0.2) is 24.4 Å². The Morgan fingerprint density at radius 2 is 1.84 bits per heavy atom. The molecule has 2 N–H and O–H groups in total. The third-order valence-electron chi connectivity index (χ3n) is 6.70. The predicted molar refractivity (Wildman–Crippen MR) is 125 cm³/mol. The van der Waals surface area contributed by atoms with Gasteiger partial charge in [0.2, 0.25) is 5.91 Å². The van der Waals surface area contributed by atoms with E-state index in [-0.39, 0.29) is 23.8 Å². The van der Waals surface area contributed by atoms with Crippen LogP contribution in [0.3, 0.4) is 0 Å². The summed E-state index contributed by atoms with van der Waals surface area (Å²) in [5.41, 5.74) is 4.94. The topological polar surface area (TPSA) is 61.4 Å². The highest BCUT2D eigenvalue weighted by Gasteiger charge is 2.25. The lowest BCUT2D eigenvalue weighted by atomic mass is 9.98. The average Bonchev–Trinajstić information content (AvgIpc) is 3.34. The largest absolute Gasteiger partial charge is 0.366 e. The van der Waals surface area contributed by atoms with Crippen LogP contribution in [0.25, 0.3) is 0 Å². The molecule has 1 aliphatic carbocycles. The molecule has 1 unspecified atom stereocenters. The fourth-order valence-electron chi connectivity index (χ4n) is 4.61. The summed E-state index contributed by atoms with van der Waals surface area (Å²) >= 11 is 0. The number of nitrogens with zero attached hydrogens (tertiary/aromatic N) is 1. The van der Waals surface area contributed by atoms with Crippen molar-refractivity contribution in [2.24, 2.45) is 5.92 Å². The standard InChI is InChI=1S/C26H33N3O2/c1-3-18(2)27-26(31)23-16-22(28-25(30)20-9-5-6-10-20)12-13-24(23)29-15-14-19-8-4-7-11-21(19)17-29/h4,7-8,11-13,16,18,20H,3,5-6,9-10,14-15,17H2,1-2H3,(H,27,31)(H,28,30). The molecule has 1 saturated carbocycles. The van der Waals surface area contributed by atoms with Crippen LogP contribution in [0.15, 0.2) is 42.5 Å². The summed E-state index contributed by atoms with van der Waals surface area (Å²) in [4.78, 5) is 28.1. The number of rotatable bonds is 6. The molecule has 0 bridgehead atoms. The summed E-state index contributed by atoms with van der Waals surface area (Å²) in [6.07, 6.45) is 5.99. The second kappa shape index (κ2) is 9.54. The van der Waals surface area contributed by atoms with E-state index in [1.165, 1.54) is 11.1 Å². The van der Waals surface area contributed by atoms with Crippen LogP contribution in [-0.2, 0) is 17.8 Å². The second-order valence-corrected chi connectivity index (χ2v) is 8.93. The van der Waals surface area contributed by atoms with Crippen molar-refractivity contribution in [1.82, 2.24) is 5.32 Å². The van der Waals surface area contributed by atoms with Crippen LogP contribution in [0.4, 0.5) is 11.4 Å². The lowest BCUT2D eigenvalue weighted by Gasteiger charge is -2.32. The number of fused-ring (bicyclic) bond motifs is 1. The summed E-state index contributed by atoms with van der Waals surface area (Å²) in [5, 5.41) is 6.16. The Kier molecular flexibility index (Phi) is 6.59. The monoisotopic (exact) mass is 419 g/mol. The van der Waals surface area contributed by atoms with Crippen LogP contribution < -0.4 is 15.5 Å². The Morgan fingerprint density at radius 3 is 2.58 bits per heavy atom. The summed E-state index contributed by atoms with van der Waals surface area (Å²) in [6.45, 7) is 5.73. The third kappa shape index (κ3) is 4.92. The van der Waals surface area contributed by atoms with Gasteiger partial charge in [0.15, 0.2) is 0 Å². The van der Waals surface area contributed by atoms with Gasteiger partial charge in [0.1, 0.15) is 0 Å². The van der Waals surface area contributed by atoms with E-state index in [0.717, 1.165) is 57.3 Å². The van der Waals surface area contributed by atoms with Crippen molar-refractivity contribution in [1.29, 1.82) is 0 Å². The minimum absolute atomic E-state index is 0.0745. The van der Waals surface area contributed by atoms with Gasteiger partial charge in [-0.3, -0.25) is 9.59 Å². The predicted octanol–water partition coefficient (Wildman–Crippen LogP) is 4.91. The van der Waals surface area contributed by atoms with Crippen LogP contribution in [0.1, 0.15) is 67.4 Å². The number of anilines is 2. The number of amides is 2. The quantitative estimate of drug-likeness (QED) is 0.700. The number of hydrogen-bond donors (Lipinski definition) is 2. The van der Waals surface area contributed by atoms with E-state index in [1.807, 2.05) is 25.1 Å². The van der Waals surface area contributed by atoms with E-state index in [2.05, 4.69) is 46.7 Å². The molecule has 1 atom stereocenters. The van der Waals surface area contributed by atoms with Crippen molar-refractivity contribution in [3.63, 3.8) is 0 Å². The molecule has 0 aromatic heterocycles. The van der Waals surface area contributed by atoms with E-state index in [4.69, 9.17) is 0 Å². The number of hydrogen-bond acceptors (Lipinski definition) is 3. The van der Waals surface area contributed by atoms with Gasteiger partial charge >= 0.3 is 0 Å². The second-order valence-electron chi connectivity index (χ2n) is 8.93. The van der Waals surface area contributed by atoms with Crippen molar-refractivity contribution >= 4 is 23.2 Å². The number of carbonyl (C=O) groups is 2. The molecule has 5 heteroatoms. The Balaban J connectivity index is 1.60. The molecular weight excluding hydrogens is 386 g/mol. The Hall–Kier alpha value is -2.82. The van der Waals surface area contributed by atoms with Gasteiger partial charge in [-0.15, -0.1) is 0 Å². The molecule has 5 nitrogen and oxygen atoms in total. The van der Waals surface area contributed by atoms with Gasteiger partial charge < -0.3 is 15.5 Å². The summed E-state index contributed by atoms with van der Waals surface area (Å²) in [6, 6.07) is 14.4. The average molecular weight is 420 g/mol. The number of benzene rings is 2. The molecule has 31 heavy (non-hydrogen) atoms. The fraction of sp³-hybridized carbons (Fsp3) is 0.462. The summed E-state index contributed by atoms with van der Waals surface area (Å²) in [5.74, 6) is 0.0845. The maximum Gasteiger partial charge on any atom is 0.253 e. The molecule has 2 aromatic rings. The van der Waals surface area contributed by atoms with E-state index in [0.29, 0.717) is 11.3 Å². The van der Waals surface area contributed by atoms with Gasteiger partial charge in [0.25, 0.3) is 5.91 Å². The van der Waals surface area contributed by atoms with Crippen molar-refractivity contribution < 1.29 is 9.59 Å². The molecule has 4 rings (SSSR count). The highest BCUT2D eigenvalue weighted by molar-refractivity contribution is 6.02. The molecule has 0 saturated heterocycles. The van der Waals surface area contributed by atoms with Gasteiger partial charge in [-0.25, -0.2) is 0 Å². The molecule has 2 aliphatic rings. The first-order valence-corrected chi connectivity index (χ1v) is 11.6. The SMILES string of the molecule is CCC(C)NC(=O)c1cc(NC(=O)C2CCCC2)ccc1N1CCc2ccccc2C1. The summed E-state index contributed by atoms with van der Waals surface area (Å²) < 4.78 is 0. The van der Waals surface area contributed by atoms with Gasteiger partial charge in [-0.1, -0.05) is 44.0 Å². The molecule has 164 valence electrons. The van der Waals surface area contributed by atoms with E-state index in [1.54, 1.807) is 0 Å². The highest BCUT2D eigenvalue weighted by atomic mass is 16.2. The molecule has 0 spiro atoms. The maximum atomic E-state index is 13.2. The molecule has 1 fully saturated rings. The normalized spacial score (nSPS) is 17.2. The third-order valence-corrected chi connectivity index (χ3v) is 6.70. The van der Waals surface area contributed by atoms with Crippen molar-refractivity contribution in [3.8, 4) is 0 Å². The van der Waals surface area contributed by atoms with Crippen molar-refractivity contribution in [2.75, 3.05) is 16.8 Å². The molecule has 1 heterocycles. The van der Waals surface area contributed by atoms with Crippen LogP contribution in [0.5, 0.6) is 0 Å². The maximum absolute atomic E-state index is 13.2. The van der Waals surface area contributed by atoms with Crippen LogP contribution in [0, 0.1) is 5.92 Å². The highest BCUT2D eigenvalue weighted by Crippen LogP contribution is 2.31. The van der Waals surface area contributed by atoms with Crippen LogP contribution in [0.2, 0.25) is 0 Å². The van der Waals surface area contributed by atoms with E-state index in [9.17, 15) is 9.59 Å². The smallest absolute Gasteiger partial charge is 0.253 e. The first kappa shape index (κ1) is 21.4. The van der Waals surface area contributed by atoms with E-state index < -0.39 is 0 Å². The zero-order valence-corrected chi connectivity index (χ0v) is 18.6. The fourth-order valence-corrected chi connectivity index (χ4v) is 4.61. The lowest BCUT2D eigenvalue weighted by Crippen LogP contribution is -2.36. The van der Waals surface area contributed by atoms with E-state index >= 15 is 0 Å². The Bertz CT molecular complexity index is 949. The lowest BCUT2D eigenvalue weighted by molar-refractivity contribution is -0.119. The number of nitrogens with one attached hydrogen (secondary N) is 2. The van der Waals surface area contributed by atoms with Crippen molar-refractivity contribution in [2.45, 2.75) is 65.0 Å². The Morgan fingerprint density at radius 1 is 1.10 bits per heavy atom. The van der Waals surface area contributed by atoms with Crippen molar-refractivity contribution in [3.05, 3.63) is 59.2 Å². The molecule has 2 amide bonds. The van der Waals surface area contributed by atoms with Gasteiger partial charge in [-0.05, 0) is 61.9 Å². The zero-order valence-electron chi connectivity index (χ0n) is 18.6. The molecule has 2 aromatic carbocycles. The van der Waals surface area contributed by atoms with Gasteiger partial charge in [0, 0.05) is 36.4 Å². The first-order valence-electron chi connectivity index (χ1n) is 11.6. The Labute approximate surface area is 185 Å². The van der Waals surface area contributed by atoms with Gasteiger partial charge in [-0.2, -0.15) is 0 Å².